The van der Waals surface area contributed by atoms with Gasteiger partial charge in [0.05, 0.1) is 23.1 Å². The number of amides is 3. The molecule has 3 aromatic carbocycles. The minimum absolute atomic E-state index is 0.0979. The van der Waals surface area contributed by atoms with Crippen molar-refractivity contribution in [2.24, 2.45) is 23.7 Å². The van der Waals surface area contributed by atoms with Crippen LogP contribution in [0.15, 0.2) is 90.5 Å². The summed E-state index contributed by atoms with van der Waals surface area (Å²) in [6.45, 7) is 1.52. The number of carbonyl (C=O) groups excluding carboxylic acids is 4. The second-order valence-electron chi connectivity index (χ2n) is 10.1. The summed E-state index contributed by atoms with van der Waals surface area (Å²) >= 11 is 0. The van der Waals surface area contributed by atoms with Gasteiger partial charge in [0.25, 0.3) is 5.91 Å². The van der Waals surface area contributed by atoms with Gasteiger partial charge in [-0.2, -0.15) is 0 Å². The van der Waals surface area contributed by atoms with Gasteiger partial charge in [-0.05, 0) is 79.8 Å². The van der Waals surface area contributed by atoms with Crippen LogP contribution in [-0.2, 0) is 19.1 Å². The van der Waals surface area contributed by atoms with E-state index in [1.54, 1.807) is 36.4 Å². The molecule has 0 radical (unpaired) electrons. The molecular formula is C31H26N2O6. The summed E-state index contributed by atoms with van der Waals surface area (Å²) in [7, 11) is 0. The third kappa shape index (κ3) is 4.58. The average Bonchev–Trinajstić information content (AvgIpc) is 3.59. The van der Waals surface area contributed by atoms with Crippen LogP contribution in [0.2, 0.25) is 0 Å². The zero-order valence-corrected chi connectivity index (χ0v) is 21.2. The number of imide groups is 1. The number of allylic oxidation sites excluding steroid dienone is 2. The number of anilines is 2. The lowest BCUT2D eigenvalue weighted by molar-refractivity contribution is -0.123. The molecule has 6 rings (SSSR count). The number of hydrogen-bond acceptors (Lipinski definition) is 6. The zero-order valence-electron chi connectivity index (χ0n) is 21.2. The van der Waals surface area contributed by atoms with Crippen molar-refractivity contribution in [3.05, 3.63) is 96.1 Å². The second-order valence-corrected chi connectivity index (χ2v) is 10.1. The van der Waals surface area contributed by atoms with Gasteiger partial charge in [-0.3, -0.25) is 14.4 Å². The molecule has 8 nitrogen and oxygen atoms in total. The van der Waals surface area contributed by atoms with E-state index >= 15 is 0 Å². The fourth-order valence-corrected chi connectivity index (χ4v) is 5.94. The van der Waals surface area contributed by atoms with Crippen molar-refractivity contribution in [1.29, 1.82) is 0 Å². The Labute approximate surface area is 225 Å². The molecule has 3 aliphatic rings. The number of carbonyl (C=O) groups is 4. The van der Waals surface area contributed by atoms with Crippen LogP contribution in [0, 0.1) is 23.7 Å². The van der Waals surface area contributed by atoms with E-state index in [1.165, 1.54) is 22.6 Å². The maximum atomic E-state index is 13.2. The van der Waals surface area contributed by atoms with E-state index in [9.17, 15) is 19.2 Å². The minimum atomic E-state index is -0.726. The molecule has 1 saturated carbocycles. The van der Waals surface area contributed by atoms with Crippen LogP contribution in [0.4, 0.5) is 11.4 Å². The molecule has 8 heteroatoms. The van der Waals surface area contributed by atoms with Crippen LogP contribution < -0.4 is 15.0 Å². The molecule has 1 heterocycles. The largest absolute Gasteiger partial charge is 0.457 e. The number of fused-ring (bicyclic) bond motifs is 5. The number of rotatable bonds is 7. The molecule has 3 aromatic rings. The lowest BCUT2D eigenvalue weighted by Crippen LogP contribution is -2.33. The van der Waals surface area contributed by atoms with Gasteiger partial charge < -0.3 is 14.8 Å². The lowest BCUT2D eigenvalue weighted by Gasteiger charge is -2.19. The van der Waals surface area contributed by atoms with Gasteiger partial charge in [0.1, 0.15) is 11.5 Å². The fourth-order valence-electron chi connectivity index (χ4n) is 5.94. The predicted octanol–water partition coefficient (Wildman–Crippen LogP) is 4.98. The molecule has 0 aromatic heterocycles. The first-order valence-electron chi connectivity index (χ1n) is 12.8. The minimum Gasteiger partial charge on any atom is -0.457 e. The topological polar surface area (TPSA) is 102 Å². The van der Waals surface area contributed by atoms with Crippen molar-refractivity contribution in [3.63, 3.8) is 0 Å². The molecule has 1 aliphatic heterocycles. The van der Waals surface area contributed by atoms with Crippen molar-refractivity contribution >= 4 is 35.1 Å². The summed E-state index contributed by atoms with van der Waals surface area (Å²) in [5.74, 6) is -0.797. The number of hydrogen-bond donors (Lipinski definition) is 1. The quantitative estimate of drug-likeness (QED) is 0.267. The molecule has 39 heavy (non-hydrogen) atoms. The Morgan fingerprint density at radius 1 is 0.897 bits per heavy atom. The van der Waals surface area contributed by atoms with Crippen molar-refractivity contribution in [2.75, 3.05) is 16.8 Å². The summed E-state index contributed by atoms with van der Waals surface area (Å²) < 4.78 is 10.9. The van der Waals surface area contributed by atoms with Gasteiger partial charge in [-0.25, -0.2) is 9.69 Å². The Bertz CT molecular complexity index is 1500. The van der Waals surface area contributed by atoms with E-state index in [0.29, 0.717) is 22.9 Å². The third-order valence-electron chi connectivity index (χ3n) is 7.67. The number of ether oxygens (including phenoxy) is 2. The second kappa shape index (κ2) is 9.87. The molecule has 1 N–H and O–H groups in total. The zero-order chi connectivity index (χ0) is 27.1. The molecule has 4 atom stereocenters. The van der Waals surface area contributed by atoms with Gasteiger partial charge >= 0.3 is 5.97 Å². The van der Waals surface area contributed by atoms with Crippen molar-refractivity contribution in [2.45, 2.75) is 13.3 Å². The standard InChI is InChI=1S/C31H26N2O6/c1-18-14-20-16-25(18)28-27(20)29(35)33(30(28)36)22-7-5-6-19(15-22)31(37)38-17-26(34)32-21-10-12-24(13-11-21)39-23-8-3-2-4-9-23/h2-15,20,25,27-28H,16-17H2,1H3,(H,32,34)/t20-,25+,27+,28+/m0/s1. The summed E-state index contributed by atoms with van der Waals surface area (Å²) in [6.07, 6.45) is 2.97. The van der Waals surface area contributed by atoms with E-state index in [4.69, 9.17) is 9.47 Å². The summed E-state index contributed by atoms with van der Waals surface area (Å²) in [6, 6.07) is 22.4. The van der Waals surface area contributed by atoms with Gasteiger partial charge in [0, 0.05) is 5.69 Å². The molecule has 0 spiro atoms. The van der Waals surface area contributed by atoms with Crippen LogP contribution in [0.25, 0.3) is 0 Å². The van der Waals surface area contributed by atoms with Gasteiger partial charge in [-0.15, -0.1) is 0 Å². The molecule has 196 valence electrons. The molecule has 3 amide bonds. The SMILES string of the molecule is CC1=C[C@H]2C[C@H]1[C@H]1C(=O)N(c3cccc(C(=O)OCC(=O)Nc4ccc(Oc5ccccc5)cc4)c3)C(=O)[C@@H]12. The summed E-state index contributed by atoms with van der Waals surface area (Å²) in [5.41, 5.74) is 2.19. The molecule has 0 unspecified atom stereocenters. The Balaban J connectivity index is 1.05. The Morgan fingerprint density at radius 3 is 2.38 bits per heavy atom. The molecule has 2 fully saturated rings. The van der Waals surface area contributed by atoms with Crippen LogP contribution >= 0.6 is 0 Å². The fraction of sp³-hybridized carbons (Fsp3) is 0.226. The van der Waals surface area contributed by atoms with Gasteiger partial charge in [0.2, 0.25) is 11.8 Å². The van der Waals surface area contributed by atoms with E-state index in [-0.39, 0.29) is 41.0 Å². The van der Waals surface area contributed by atoms with Crippen molar-refractivity contribution in [1.82, 2.24) is 0 Å². The van der Waals surface area contributed by atoms with Crippen LogP contribution in [-0.4, -0.2) is 30.3 Å². The summed E-state index contributed by atoms with van der Waals surface area (Å²) in [4.78, 5) is 52.7. The Hall–Kier alpha value is -4.72. The number of nitrogens with one attached hydrogen (secondary N) is 1. The van der Waals surface area contributed by atoms with Crippen LogP contribution in [0.1, 0.15) is 23.7 Å². The number of esters is 1. The van der Waals surface area contributed by atoms with Gasteiger partial charge in [0.15, 0.2) is 6.61 Å². The smallest absolute Gasteiger partial charge is 0.338 e. The maximum absolute atomic E-state index is 13.2. The monoisotopic (exact) mass is 522 g/mol. The van der Waals surface area contributed by atoms with Gasteiger partial charge in [-0.1, -0.05) is 35.9 Å². The molecular weight excluding hydrogens is 496 g/mol. The van der Waals surface area contributed by atoms with Crippen LogP contribution in [0.5, 0.6) is 11.5 Å². The first-order chi connectivity index (χ1) is 18.9. The molecule has 2 aliphatic carbocycles. The molecule has 1 saturated heterocycles. The summed E-state index contributed by atoms with van der Waals surface area (Å²) in [5, 5.41) is 2.67. The average molecular weight is 523 g/mol. The van der Waals surface area contributed by atoms with E-state index in [2.05, 4.69) is 11.4 Å². The first kappa shape index (κ1) is 24.6. The number of nitrogens with zero attached hydrogens (tertiary/aromatic N) is 1. The van der Waals surface area contributed by atoms with Crippen molar-refractivity contribution in [3.8, 4) is 11.5 Å². The highest BCUT2D eigenvalue weighted by molar-refractivity contribution is 6.23. The first-order valence-corrected chi connectivity index (χ1v) is 12.8. The Morgan fingerprint density at radius 2 is 1.62 bits per heavy atom. The third-order valence-corrected chi connectivity index (χ3v) is 7.67. The molecule has 2 bridgehead atoms. The lowest BCUT2D eigenvalue weighted by atomic mass is 9.82. The number of benzene rings is 3. The van der Waals surface area contributed by atoms with E-state index in [1.807, 2.05) is 37.3 Å². The highest BCUT2D eigenvalue weighted by Crippen LogP contribution is 2.55. The van der Waals surface area contributed by atoms with E-state index < -0.39 is 18.5 Å². The van der Waals surface area contributed by atoms with E-state index in [0.717, 1.165) is 6.42 Å². The predicted molar refractivity (Wildman–Crippen MR) is 143 cm³/mol. The highest BCUT2D eigenvalue weighted by Gasteiger charge is 2.60. The normalized spacial score (nSPS) is 22.9. The Kier molecular flexibility index (Phi) is 6.23. The van der Waals surface area contributed by atoms with Crippen LogP contribution in [0.3, 0.4) is 0 Å². The number of para-hydroxylation sites is 1. The van der Waals surface area contributed by atoms with Crippen molar-refractivity contribution < 1.29 is 28.7 Å². The maximum Gasteiger partial charge on any atom is 0.338 e. The highest BCUT2D eigenvalue weighted by atomic mass is 16.5.